The monoisotopic (exact) mass is 699 g/mol. The Labute approximate surface area is 299 Å². The van der Waals surface area contributed by atoms with Gasteiger partial charge in [-0.05, 0) is 42.4 Å². The van der Waals surface area contributed by atoms with Crippen LogP contribution >= 0.6 is 0 Å². The van der Waals surface area contributed by atoms with Crippen LogP contribution in [0.15, 0.2) is 95.8 Å². The highest BCUT2D eigenvalue weighted by Crippen LogP contribution is 2.23. The molecule has 2 aromatic carbocycles. The van der Waals surface area contributed by atoms with Gasteiger partial charge in [-0.25, -0.2) is 9.59 Å². The predicted molar refractivity (Wildman–Crippen MR) is 191 cm³/mol. The summed E-state index contributed by atoms with van der Waals surface area (Å²) >= 11 is 0. The summed E-state index contributed by atoms with van der Waals surface area (Å²) in [6.07, 6.45) is 1.50. The molecule has 12 nitrogen and oxygen atoms in total. The molecule has 0 bridgehead atoms. The summed E-state index contributed by atoms with van der Waals surface area (Å²) in [6, 6.07) is 22.1. The smallest absolute Gasteiger partial charge is 0.408 e. The highest BCUT2D eigenvalue weighted by molar-refractivity contribution is 5.86. The van der Waals surface area contributed by atoms with Crippen LogP contribution in [0.25, 0.3) is 0 Å². The van der Waals surface area contributed by atoms with Gasteiger partial charge in [0.2, 0.25) is 5.91 Å². The van der Waals surface area contributed by atoms with Crippen molar-refractivity contribution in [3.63, 3.8) is 0 Å². The van der Waals surface area contributed by atoms with Gasteiger partial charge >= 0.3 is 12.2 Å². The van der Waals surface area contributed by atoms with Gasteiger partial charge in [-0.2, -0.15) is 0 Å². The van der Waals surface area contributed by atoms with Crippen LogP contribution in [0.3, 0.4) is 0 Å². The molecule has 0 fully saturated rings. The van der Waals surface area contributed by atoms with Crippen molar-refractivity contribution in [1.29, 1.82) is 0 Å². The third-order valence-electron chi connectivity index (χ3n) is 8.23. The zero-order valence-corrected chi connectivity index (χ0v) is 29.9. The first-order valence-electron chi connectivity index (χ1n) is 17.1. The number of amides is 3. The lowest BCUT2D eigenvalue weighted by molar-refractivity contribution is -0.125. The highest BCUT2D eigenvalue weighted by atomic mass is 16.6. The number of hydrogen-bond acceptors (Lipinski definition) is 9. The number of nitrogens with zero attached hydrogens (tertiary/aromatic N) is 2. The maximum Gasteiger partial charge on any atom is 0.408 e. The zero-order chi connectivity index (χ0) is 36.8. The fourth-order valence-corrected chi connectivity index (χ4v) is 5.39. The molecular formula is C39H49N5O7. The Kier molecular flexibility index (Phi) is 14.1. The largest absolute Gasteiger partial charge is 0.445 e. The van der Waals surface area contributed by atoms with Crippen LogP contribution in [0, 0.1) is 5.92 Å². The Hall–Kier alpha value is -5.23. The van der Waals surface area contributed by atoms with Gasteiger partial charge in [0.25, 0.3) is 0 Å². The van der Waals surface area contributed by atoms with Crippen molar-refractivity contribution in [1.82, 2.24) is 26.1 Å². The molecule has 0 aliphatic carbocycles. The second kappa shape index (κ2) is 18.7. The maximum atomic E-state index is 13.8. The molecule has 51 heavy (non-hydrogen) atoms. The molecular weight excluding hydrogens is 650 g/mol. The zero-order valence-electron chi connectivity index (χ0n) is 29.9. The number of carbonyl (C=O) groups excluding carboxylic acids is 3. The number of alkyl carbamates (subject to hydrolysis) is 2. The summed E-state index contributed by atoms with van der Waals surface area (Å²) in [5, 5.41) is 24.2. The molecule has 1 unspecified atom stereocenters. The summed E-state index contributed by atoms with van der Waals surface area (Å²) in [4.78, 5) is 43.6. The van der Waals surface area contributed by atoms with Crippen LogP contribution in [0.5, 0.6) is 0 Å². The van der Waals surface area contributed by atoms with Gasteiger partial charge in [0.1, 0.15) is 30.7 Å². The van der Waals surface area contributed by atoms with Crippen molar-refractivity contribution in [2.75, 3.05) is 0 Å². The minimum absolute atomic E-state index is 0.0169. The minimum atomic E-state index is -1.08. The number of aliphatic hydroxyl groups excluding tert-OH is 1. The van der Waals surface area contributed by atoms with E-state index in [0.717, 1.165) is 16.7 Å². The van der Waals surface area contributed by atoms with Crippen LogP contribution in [0.4, 0.5) is 9.59 Å². The first kappa shape index (κ1) is 38.6. The van der Waals surface area contributed by atoms with Gasteiger partial charge in [0, 0.05) is 35.5 Å². The van der Waals surface area contributed by atoms with E-state index in [2.05, 4.69) is 26.1 Å². The first-order chi connectivity index (χ1) is 24.4. The predicted octanol–water partition coefficient (Wildman–Crippen LogP) is 5.63. The van der Waals surface area contributed by atoms with Crippen LogP contribution in [0.1, 0.15) is 69.2 Å². The molecule has 0 spiro atoms. The van der Waals surface area contributed by atoms with Gasteiger partial charge in [-0.3, -0.25) is 9.78 Å². The molecule has 0 aliphatic rings. The van der Waals surface area contributed by atoms with Gasteiger partial charge in [-0.15, -0.1) is 0 Å². The molecule has 2 heterocycles. The number of aliphatic hydroxyl groups is 1. The molecule has 2 aromatic heterocycles. The SMILES string of the molecule is CC(C)C(NC(=O)OCc1cc(C(C)(C)C)on1)C(=O)N[C@@H](Cc1ccccc1)C[C@H](O)[C@H](Cc1ccccc1)NC(=O)OCc1cccnc1. The van der Waals surface area contributed by atoms with Gasteiger partial charge in [0.05, 0.1) is 12.1 Å². The Morgan fingerprint density at radius 3 is 2.00 bits per heavy atom. The lowest BCUT2D eigenvalue weighted by atomic mass is 9.93. The number of benzene rings is 2. The fraction of sp³-hybridized carbons (Fsp3) is 0.410. The van der Waals surface area contributed by atoms with Crippen molar-refractivity contribution in [3.8, 4) is 0 Å². The molecule has 0 radical (unpaired) electrons. The first-order valence-corrected chi connectivity index (χ1v) is 17.1. The molecule has 272 valence electrons. The van der Waals surface area contributed by atoms with Gasteiger partial charge in [-0.1, -0.05) is 107 Å². The van der Waals surface area contributed by atoms with E-state index in [1.165, 1.54) is 0 Å². The van der Waals surface area contributed by atoms with Crippen molar-refractivity contribution in [3.05, 3.63) is 119 Å². The van der Waals surface area contributed by atoms with Crippen molar-refractivity contribution in [2.45, 2.75) is 96.7 Å². The Balaban J connectivity index is 1.45. The van der Waals surface area contributed by atoms with Crippen molar-refractivity contribution < 1.29 is 33.5 Å². The van der Waals surface area contributed by atoms with E-state index in [0.29, 0.717) is 24.3 Å². The maximum absolute atomic E-state index is 13.8. The van der Waals surface area contributed by atoms with E-state index in [-0.39, 0.29) is 31.0 Å². The standard InChI is InChI=1S/C39H49N5O7/c1-26(2)35(43-38(48)50-25-31-22-34(51-44-31)39(3,4)5)36(46)41-30(19-27-13-8-6-9-14-27)21-33(45)32(20-28-15-10-7-11-16-28)42-37(47)49-24-29-17-12-18-40-23-29/h6-18,22-23,26,30,32-33,35,45H,19-21,24-25H2,1-5H3,(H,41,46)(H,42,47)(H,43,48)/t30-,32-,33-,35?/m0/s1. The van der Waals surface area contributed by atoms with E-state index in [4.69, 9.17) is 14.0 Å². The number of pyridine rings is 1. The number of rotatable bonds is 16. The minimum Gasteiger partial charge on any atom is -0.445 e. The fourth-order valence-electron chi connectivity index (χ4n) is 5.39. The normalized spacial score (nSPS) is 13.8. The molecule has 0 saturated carbocycles. The Morgan fingerprint density at radius 1 is 0.804 bits per heavy atom. The van der Waals surface area contributed by atoms with Crippen molar-refractivity contribution >= 4 is 18.1 Å². The highest BCUT2D eigenvalue weighted by Gasteiger charge is 2.31. The molecule has 0 aliphatic heterocycles. The molecule has 3 amide bonds. The molecule has 4 aromatic rings. The molecule has 4 N–H and O–H groups in total. The van der Waals surface area contributed by atoms with E-state index in [1.807, 2.05) is 95.3 Å². The van der Waals surface area contributed by atoms with E-state index < -0.39 is 42.3 Å². The number of ether oxygens (including phenoxy) is 2. The number of nitrogens with one attached hydrogen (secondary N) is 3. The lowest BCUT2D eigenvalue weighted by Gasteiger charge is -2.30. The lowest BCUT2D eigenvalue weighted by Crippen LogP contribution is -2.54. The molecule has 4 rings (SSSR count). The molecule has 12 heteroatoms. The average molecular weight is 700 g/mol. The second-order valence-corrected chi connectivity index (χ2v) is 14.0. The second-order valence-electron chi connectivity index (χ2n) is 14.0. The Morgan fingerprint density at radius 2 is 1.41 bits per heavy atom. The summed E-state index contributed by atoms with van der Waals surface area (Å²) in [5.74, 6) is -0.0631. The summed E-state index contributed by atoms with van der Waals surface area (Å²) in [6.45, 7) is 9.48. The van der Waals surface area contributed by atoms with Crippen LogP contribution in [-0.4, -0.2) is 57.6 Å². The third-order valence-corrected chi connectivity index (χ3v) is 8.23. The summed E-state index contributed by atoms with van der Waals surface area (Å²) in [5.41, 5.74) is 2.77. The Bertz CT molecular complexity index is 1660. The van der Waals surface area contributed by atoms with Crippen LogP contribution in [0.2, 0.25) is 0 Å². The number of hydrogen-bond donors (Lipinski definition) is 4. The van der Waals surface area contributed by atoms with Crippen molar-refractivity contribution in [2.24, 2.45) is 5.92 Å². The van der Waals surface area contributed by atoms with E-state index in [9.17, 15) is 19.5 Å². The quantitative estimate of drug-likeness (QED) is 0.116. The third kappa shape index (κ3) is 12.9. The topological polar surface area (TPSA) is 165 Å². The van der Waals surface area contributed by atoms with E-state index in [1.54, 1.807) is 30.6 Å². The van der Waals surface area contributed by atoms with Gasteiger partial charge < -0.3 is 35.1 Å². The number of carbonyl (C=O) groups is 3. The molecule has 0 saturated heterocycles. The van der Waals surface area contributed by atoms with Crippen LogP contribution < -0.4 is 16.0 Å². The number of aromatic nitrogens is 2. The average Bonchev–Trinajstić information content (AvgIpc) is 3.60. The van der Waals surface area contributed by atoms with Crippen LogP contribution in [-0.2, 0) is 45.7 Å². The summed E-state index contributed by atoms with van der Waals surface area (Å²) < 4.78 is 16.2. The summed E-state index contributed by atoms with van der Waals surface area (Å²) in [7, 11) is 0. The van der Waals surface area contributed by atoms with Gasteiger partial charge in [0.15, 0.2) is 0 Å². The molecule has 4 atom stereocenters. The van der Waals surface area contributed by atoms with E-state index >= 15 is 0 Å².